The molecule has 0 N–H and O–H groups in total. The number of fused-ring (bicyclic) bond motifs is 2. The molecule has 0 amide bonds. The molecular weight excluding hydrogens is 260 g/mol. The summed E-state index contributed by atoms with van der Waals surface area (Å²) < 4.78 is 34.8. The van der Waals surface area contributed by atoms with Crippen molar-refractivity contribution in [3.8, 4) is 0 Å². The molecule has 112 valence electrons. The summed E-state index contributed by atoms with van der Waals surface area (Å²) in [5.41, 5.74) is -1.01. The van der Waals surface area contributed by atoms with Gasteiger partial charge in [0, 0.05) is 22.4 Å². The summed E-state index contributed by atoms with van der Waals surface area (Å²) in [5, 5.41) is 0. The van der Waals surface area contributed by atoms with Crippen LogP contribution in [-0.2, 0) is 24.0 Å². The Morgan fingerprint density at radius 2 is 2.10 bits per heavy atom. The van der Waals surface area contributed by atoms with E-state index in [9.17, 15) is 4.79 Å². The monoisotopic (exact) mass is 285 g/mol. The summed E-state index contributed by atoms with van der Waals surface area (Å²) >= 11 is 0. The molecule has 0 aromatic heterocycles. The van der Waals surface area contributed by atoms with Crippen LogP contribution in [-0.4, -0.2) is 23.6 Å². The summed E-state index contributed by atoms with van der Waals surface area (Å²) in [7, 11) is 0. The molecule has 1 saturated carbocycles. The first-order valence-corrected chi connectivity index (χ1v) is 7.42. The molecule has 0 unspecified atom stereocenters. The van der Waals surface area contributed by atoms with Crippen LogP contribution >= 0.6 is 0 Å². The van der Waals surface area contributed by atoms with Crippen molar-refractivity contribution in [1.29, 1.82) is 0 Å². The van der Waals surface area contributed by atoms with Crippen molar-refractivity contribution in [3.63, 3.8) is 0 Å². The molecule has 5 nitrogen and oxygen atoms in total. The number of esters is 1. The Hall–Kier alpha value is -0.650. The largest absolute Gasteiger partial charge is 0.432 e. The molecule has 7 atom stereocenters. The highest BCUT2D eigenvalue weighted by Gasteiger charge is 2.69. The molecule has 1 spiro atoms. The zero-order valence-corrected chi connectivity index (χ0v) is 11.8. The third-order valence-corrected chi connectivity index (χ3v) is 5.65. The molecule has 20 heavy (non-hydrogen) atoms. The van der Waals surface area contributed by atoms with Crippen LogP contribution in [0.15, 0.2) is 0 Å². The van der Waals surface area contributed by atoms with Crippen molar-refractivity contribution in [3.05, 3.63) is 0 Å². The fourth-order valence-electron chi connectivity index (χ4n) is 4.51. The zero-order chi connectivity index (χ0) is 16.6. The highest BCUT2D eigenvalue weighted by Crippen LogP contribution is 2.59. The second kappa shape index (κ2) is 3.96. The molecule has 1 aliphatic carbocycles. The normalized spacial score (nSPS) is 60.6. The van der Waals surface area contributed by atoms with Gasteiger partial charge in [0.1, 0.15) is 0 Å². The summed E-state index contributed by atoms with van der Waals surface area (Å²) in [5.74, 6) is -2.96. The first-order chi connectivity index (χ1) is 10.7. The van der Waals surface area contributed by atoms with Crippen molar-refractivity contribution in [2.24, 2.45) is 23.7 Å². The highest BCUT2D eigenvalue weighted by molar-refractivity contribution is 5.74. The van der Waals surface area contributed by atoms with Crippen LogP contribution in [0.3, 0.4) is 0 Å². The standard InChI is InChI=1S/C15H22O5/c1-8-4-5-11-9(2)12(16)17-13-15(11)10(8)6-7-14(3,18-13)19-20-15/h8-11,13H,4-7H2,1-3H3/t8-,9-,10+,11+,13-,14-,15-/m1/s1/i2D3. The summed E-state index contributed by atoms with van der Waals surface area (Å²) in [6.07, 6.45) is 1.99. The lowest BCUT2D eigenvalue weighted by molar-refractivity contribution is -0.559. The van der Waals surface area contributed by atoms with Gasteiger partial charge in [-0.15, -0.1) is 0 Å². The first kappa shape index (κ1) is 10.1. The Bertz CT molecular complexity index is 538. The van der Waals surface area contributed by atoms with E-state index in [1.165, 1.54) is 0 Å². The van der Waals surface area contributed by atoms with Gasteiger partial charge in [0.15, 0.2) is 5.60 Å². The molecule has 2 bridgehead atoms. The lowest BCUT2D eigenvalue weighted by Crippen LogP contribution is -2.69. The Morgan fingerprint density at radius 1 is 1.25 bits per heavy atom. The highest BCUT2D eigenvalue weighted by atomic mass is 17.3. The van der Waals surface area contributed by atoms with E-state index in [1.807, 2.05) is 0 Å². The van der Waals surface area contributed by atoms with Crippen LogP contribution in [0.2, 0.25) is 0 Å². The molecule has 5 rings (SSSR count). The van der Waals surface area contributed by atoms with E-state index in [2.05, 4.69) is 6.92 Å². The Labute approximate surface area is 123 Å². The van der Waals surface area contributed by atoms with E-state index in [4.69, 9.17) is 23.4 Å². The molecule has 5 heteroatoms. The number of hydrogen-bond acceptors (Lipinski definition) is 5. The number of ether oxygens (including phenoxy) is 2. The van der Waals surface area contributed by atoms with Crippen LogP contribution < -0.4 is 0 Å². The first-order valence-electron chi connectivity index (χ1n) is 8.92. The van der Waals surface area contributed by atoms with Crippen molar-refractivity contribution in [1.82, 2.24) is 0 Å². The maximum Gasteiger partial charge on any atom is 0.311 e. The molecule has 0 radical (unpaired) electrons. The number of rotatable bonds is 0. The van der Waals surface area contributed by atoms with Crippen molar-refractivity contribution in [2.75, 3.05) is 0 Å². The van der Waals surface area contributed by atoms with Gasteiger partial charge in [-0.2, -0.15) is 0 Å². The SMILES string of the molecule is [2H]C([2H])([2H])[C@H]1C(=O)O[C@@H]2O[C@@]3(C)CC[C@H]4[C@H](C)CC[C@@H]1[C@@]24OO3. The number of carbonyl (C=O) groups is 1. The second-order valence-electron chi connectivity index (χ2n) is 6.82. The van der Waals surface area contributed by atoms with Gasteiger partial charge in [0.2, 0.25) is 12.1 Å². The Balaban J connectivity index is 1.84. The van der Waals surface area contributed by atoms with E-state index in [0.717, 1.165) is 12.8 Å². The van der Waals surface area contributed by atoms with Crippen LogP contribution in [0.4, 0.5) is 0 Å². The van der Waals surface area contributed by atoms with Gasteiger partial charge in [-0.1, -0.05) is 13.8 Å². The van der Waals surface area contributed by atoms with Gasteiger partial charge in [-0.25, -0.2) is 9.78 Å². The van der Waals surface area contributed by atoms with Gasteiger partial charge in [0.05, 0.1) is 5.92 Å². The summed E-state index contributed by atoms with van der Waals surface area (Å²) in [6, 6.07) is 0. The fraction of sp³-hybridized carbons (Fsp3) is 0.933. The Morgan fingerprint density at radius 3 is 2.90 bits per heavy atom. The van der Waals surface area contributed by atoms with E-state index < -0.39 is 42.3 Å². The average molecular weight is 285 g/mol. The molecule has 5 fully saturated rings. The van der Waals surface area contributed by atoms with Crippen LogP contribution in [0.1, 0.15) is 50.5 Å². The zero-order valence-electron chi connectivity index (χ0n) is 14.8. The molecular formula is C15H22O5. The van der Waals surface area contributed by atoms with Gasteiger partial charge in [-0.05, 0) is 32.1 Å². The van der Waals surface area contributed by atoms with E-state index in [-0.39, 0.29) is 5.92 Å². The van der Waals surface area contributed by atoms with E-state index in [0.29, 0.717) is 18.8 Å². The van der Waals surface area contributed by atoms with Gasteiger partial charge in [-0.3, -0.25) is 4.79 Å². The van der Waals surface area contributed by atoms with Gasteiger partial charge in [0.25, 0.3) is 0 Å². The van der Waals surface area contributed by atoms with E-state index in [1.54, 1.807) is 6.92 Å². The minimum Gasteiger partial charge on any atom is -0.432 e. The van der Waals surface area contributed by atoms with Gasteiger partial charge < -0.3 is 9.47 Å². The predicted molar refractivity (Wildman–Crippen MR) is 68.0 cm³/mol. The maximum atomic E-state index is 12.4. The van der Waals surface area contributed by atoms with E-state index >= 15 is 0 Å². The lowest BCUT2D eigenvalue weighted by atomic mass is 9.58. The average Bonchev–Trinajstić information content (AvgIpc) is 2.66. The number of hydrogen-bond donors (Lipinski definition) is 0. The summed E-state index contributed by atoms with van der Waals surface area (Å²) in [6.45, 7) is 1.47. The molecule has 4 heterocycles. The fourth-order valence-corrected chi connectivity index (χ4v) is 4.51. The Kier molecular flexibility index (Phi) is 2.01. The topological polar surface area (TPSA) is 54.0 Å². The molecule has 4 aliphatic heterocycles. The van der Waals surface area contributed by atoms with Crippen molar-refractivity contribution < 1.29 is 28.2 Å². The number of carbonyl (C=O) groups excluding carboxylic acids is 1. The molecule has 5 aliphatic rings. The van der Waals surface area contributed by atoms with Crippen LogP contribution in [0.25, 0.3) is 0 Å². The van der Waals surface area contributed by atoms with Crippen molar-refractivity contribution in [2.45, 2.75) is 64.1 Å². The van der Waals surface area contributed by atoms with Crippen LogP contribution in [0.5, 0.6) is 0 Å². The minimum atomic E-state index is -2.43. The quantitative estimate of drug-likeness (QED) is 0.505. The third kappa shape index (κ3) is 1.46. The molecule has 0 aromatic carbocycles. The second-order valence-corrected chi connectivity index (χ2v) is 6.82. The van der Waals surface area contributed by atoms with Gasteiger partial charge >= 0.3 is 5.97 Å². The third-order valence-electron chi connectivity index (χ3n) is 5.65. The summed E-state index contributed by atoms with van der Waals surface area (Å²) in [4.78, 5) is 23.8. The van der Waals surface area contributed by atoms with Crippen LogP contribution in [0, 0.1) is 23.7 Å². The lowest BCUT2D eigenvalue weighted by Gasteiger charge is -2.57. The smallest absolute Gasteiger partial charge is 0.311 e. The minimum absolute atomic E-state index is 0.0496. The predicted octanol–water partition coefficient (Wildman–Crippen LogP) is 2.39. The van der Waals surface area contributed by atoms with Crippen molar-refractivity contribution >= 4 is 5.97 Å². The maximum absolute atomic E-state index is 12.4. The molecule has 4 saturated heterocycles. The molecule has 0 aromatic rings.